The Balaban J connectivity index is 1.26. The highest BCUT2D eigenvalue weighted by Crippen LogP contribution is 2.42. The Labute approximate surface area is 354 Å². The molecule has 57 heavy (non-hydrogen) atoms. The lowest BCUT2D eigenvalue weighted by Crippen LogP contribution is -2.00. The van der Waals surface area contributed by atoms with Crippen molar-refractivity contribution in [1.82, 2.24) is 24.1 Å². The molecular formula is C51H31N5O. The smallest absolute Gasteiger partial charge is 0.164 e. The van der Waals surface area contributed by atoms with Gasteiger partial charge in [-0.05, 0) is 54.4 Å². The molecule has 0 aliphatic heterocycles. The summed E-state index contributed by atoms with van der Waals surface area (Å²) in [6.45, 7) is 0. The van der Waals surface area contributed by atoms with Crippen LogP contribution in [0.1, 0.15) is 27.4 Å². The third-order valence-electron chi connectivity index (χ3n) is 9.69. The standard InChI is InChI=1S/C51H31N5O/c1-4-15-32(16-5-1)49-52-50(33-17-6-2-7-18-33)54-51(53-49)39-23-14-26-46-48(39)38-28-27-35(29-47(38)57-46)56-43-25-13-11-22-37(43)41-30-40-36-21-10-12-24-42(36)55(44(40)31-45(41)56)34-19-8-3-9-20-34/h1-31H/i3D,8D,9D,10D,11D,12D,13D,14D,19D,20D,21D,22D,23D,24D,25D,26D,27D,29D,30D,31D. The van der Waals surface area contributed by atoms with Gasteiger partial charge in [0.1, 0.15) is 11.2 Å². The van der Waals surface area contributed by atoms with Crippen molar-refractivity contribution >= 4 is 65.6 Å². The van der Waals surface area contributed by atoms with E-state index in [0.717, 1.165) is 9.13 Å². The van der Waals surface area contributed by atoms with Gasteiger partial charge in [-0.3, -0.25) is 0 Å². The molecule has 0 unspecified atom stereocenters. The lowest BCUT2D eigenvalue weighted by atomic mass is 10.0. The lowest BCUT2D eigenvalue weighted by molar-refractivity contribution is 0.668. The first-order valence-electron chi connectivity index (χ1n) is 27.5. The second kappa shape index (κ2) is 12.3. The number of furan rings is 1. The maximum Gasteiger partial charge on any atom is 0.164 e. The van der Waals surface area contributed by atoms with Crippen LogP contribution in [0.5, 0.6) is 0 Å². The van der Waals surface area contributed by atoms with E-state index in [9.17, 15) is 9.60 Å². The molecule has 0 fully saturated rings. The van der Waals surface area contributed by atoms with Crippen LogP contribution in [-0.2, 0) is 0 Å². The van der Waals surface area contributed by atoms with E-state index >= 15 is 0 Å². The Morgan fingerprint density at radius 3 is 1.63 bits per heavy atom. The molecule has 12 rings (SSSR count). The van der Waals surface area contributed by atoms with Gasteiger partial charge in [0.15, 0.2) is 17.5 Å². The largest absolute Gasteiger partial charge is 0.456 e. The van der Waals surface area contributed by atoms with Crippen molar-refractivity contribution in [3.05, 3.63) is 188 Å². The zero-order valence-electron chi connectivity index (χ0n) is 49.0. The maximum atomic E-state index is 10.2. The van der Waals surface area contributed by atoms with Crippen molar-refractivity contribution in [2.24, 2.45) is 0 Å². The lowest BCUT2D eigenvalue weighted by Gasteiger charge is -2.10. The minimum Gasteiger partial charge on any atom is -0.456 e. The molecule has 0 aliphatic carbocycles. The molecule has 0 spiro atoms. The van der Waals surface area contributed by atoms with E-state index in [4.69, 9.17) is 37.2 Å². The zero-order valence-corrected chi connectivity index (χ0v) is 29.0. The average Bonchev–Trinajstić information content (AvgIpc) is 4.33. The van der Waals surface area contributed by atoms with Crippen LogP contribution in [0.2, 0.25) is 0 Å². The molecule has 266 valence electrons. The highest BCUT2D eigenvalue weighted by molar-refractivity contribution is 6.19. The Bertz CT molecular complexity index is 4600. The molecule has 0 bridgehead atoms. The van der Waals surface area contributed by atoms with Crippen molar-refractivity contribution in [1.29, 1.82) is 0 Å². The van der Waals surface area contributed by atoms with Gasteiger partial charge < -0.3 is 13.6 Å². The van der Waals surface area contributed by atoms with Gasteiger partial charge in [0.25, 0.3) is 0 Å². The Morgan fingerprint density at radius 1 is 0.404 bits per heavy atom. The SMILES string of the molecule is [2H]c1cc2c(oc3c([2H])c([2H])c([2H])c(-c4nc(-c5ccccc5)nc(-c5ccccc5)n4)c32)c([2H])c1-n1c2c([2H])c([2H])c([2H])c([2H])c2c2c([2H])c3c4c([2H])c([2H])c([2H])c([2H])c4n(-c4c([2H])c([2H])c([2H])c([2H])c4[2H])c3c([2H])c21. The Kier molecular flexibility index (Phi) is 3.85. The fourth-order valence-electron chi connectivity index (χ4n) is 7.23. The maximum absolute atomic E-state index is 10.2. The van der Waals surface area contributed by atoms with Crippen LogP contribution in [0.3, 0.4) is 0 Å². The number of nitrogens with zero attached hydrogens (tertiary/aromatic N) is 5. The van der Waals surface area contributed by atoms with Crippen LogP contribution >= 0.6 is 0 Å². The highest BCUT2D eigenvalue weighted by Gasteiger charge is 2.21. The van der Waals surface area contributed by atoms with Crippen molar-refractivity contribution in [3.8, 4) is 45.5 Å². The summed E-state index contributed by atoms with van der Waals surface area (Å²) in [4.78, 5) is 14.3. The van der Waals surface area contributed by atoms with Gasteiger partial charge in [0.05, 0.1) is 49.5 Å². The molecule has 0 saturated heterocycles. The molecule has 4 heterocycles. The van der Waals surface area contributed by atoms with Crippen LogP contribution in [0, 0.1) is 0 Å². The fourth-order valence-corrected chi connectivity index (χ4v) is 7.23. The first-order valence-corrected chi connectivity index (χ1v) is 17.5. The predicted molar refractivity (Wildman–Crippen MR) is 232 cm³/mol. The van der Waals surface area contributed by atoms with Gasteiger partial charge in [0.2, 0.25) is 0 Å². The topological polar surface area (TPSA) is 61.7 Å². The van der Waals surface area contributed by atoms with E-state index in [1.54, 1.807) is 60.7 Å². The number of para-hydroxylation sites is 3. The van der Waals surface area contributed by atoms with Crippen molar-refractivity contribution < 1.29 is 31.8 Å². The van der Waals surface area contributed by atoms with Crippen molar-refractivity contribution in [2.75, 3.05) is 0 Å². The highest BCUT2D eigenvalue weighted by atomic mass is 16.3. The van der Waals surface area contributed by atoms with Crippen molar-refractivity contribution in [3.63, 3.8) is 0 Å². The van der Waals surface area contributed by atoms with Gasteiger partial charge in [-0.25, -0.2) is 15.0 Å². The molecule has 12 aromatic rings. The van der Waals surface area contributed by atoms with Gasteiger partial charge >= 0.3 is 0 Å². The van der Waals surface area contributed by atoms with Gasteiger partial charge in [-0.2, -0.15) is 0 Å². The number of aromatic nitrogens is 5. The van der Waals surface area contributed by atoms with Crippen LogP contribution in [0.15, 0.2) is 192 Å². The van der Waals surface area contributed by atoms with Crippen LogP contribution < -0.4 is 0 Å². The fraction of sp³-hybridized carbons (Fsp3) is 0. The first-order chi connectivity index (χ1) is 36.6. The van der Waals surface area contributed by atoms with Gasteiger partial charge in [0, 0.05) is 66.4 Å². The molecule has 0 amide bonds. The van der Waals surface area contributed by atoms with E-state index in [1.165, 1.54) is 6.07 Å². The minimum absolute atomic E-state index is 0.0349. The van der Waals surface area contributed by atoms with Crippen molar-refractivity contribution in [2.45, 2.75) is 0 Å². The zero-order chi connectivity index (χ0) is 54.9. The van der Waals surface area contributed by atoms with E-state index in [-0.39, 0.29) is 45.0 Å². The summed E-state index contributed by atoms with van der Waals surface area (Å²) in [5, 5.41) is -1.70. The summed E-state index contributed by atoms with van der Waals surface area (Å²) >= 11 is 0. The molecule has 8 aromatic carbocycles. The third-order valence-corrected chi connectivity index (χ3v) is 9.69. The predicted octanol–water partition coefficient (Wildman–Crippen LogP) is 13.0. The van der Waals surface area contributed by atoms with E-state index < -0.39 is 176 Å². The summed E-state index contributed by atoms with van der Waals surface area (Å²) in [7, 11) is 0. The molecule has 6 heteroatoms. The van der Waals surface area contributed by atoms with Crippen LogP contribution in [-0.4, -0.2) is 24.1 Å². The first kappa shape index (κ1) is 17.8. The summed E-state index contributed by atoms with van der Waals surface area (Å²) in [5.41, 5.74) is -2.75. The average molecular weight is 750 g/mol. The molecule has 0 radical (unpaired) electrons. The van der Waals surface area contributed by atoms with E-state index in [1.807, 2.05) is 0 Å². The normalized spacial score (nSPS) is 16.8. The second-order valence-electron chi connectivity index (χ2n) is 12.9. The number of hydrogen-bond donors (Lipinski definition) is 0. The number of hydrogen-bond acceptors (Lipinski definition) is 4. The summed E-state index contributed by atoms with van der Waals surface area (Å²) in [6.07, 6.45) is 0. The molecule has 4 aromatic heterocycles. The monoisotopic (exact) mass is 749 g/mol. The van der Waals surface area contributed by atoms with E-state index in [0.29, 0.717) is 11.1 Å². The molecular weight excluding hydrogens is 699 g/mol. The van der Waals surface area contributed by atoms with Gasteiger partial charge in [-0.1, -0.05) is 127 Å². The summed E-state index contributed by atoms with van der Waals surface area (Å²) in [5.74, 6) is 0.260. The third kappa shape index (κ3) is 4.87. The summed E-state index contributed by atoms with van der Waals surface area (Å²) in [6, 6.07) is 4.27. The van der Waals surface area contributed by atoms with E-state index in [2.05, 4.69) is 0 Å². The quantitative estimate of drug-likeness (QED) is 0.176. The minimum atomic E-state index is -0.852. The Morgan fingerprint density at radius 2 is 0.982 bits per heavy atom. The molecule has 6 nitrogen and oxygen atoms in total. The molecule has 0 N–H and O–H groups in total. The second-order valence-corrected chi connectivity index (χ2v) is 12.9. The molecule has 0 atom stereocenters. The number of benzene rings is 8. The molecule has 0 aliphatic rings. The summed E-state index contributed by atoms with van der Waals surface area (Å²) < 4.78 is 191. The van der Waals surface area contributed by atoms with Gasteiger partial charge in [-0.15, -0.1) is 0 Å². The Hall–Kier alpha value is -7.83. The van der Waals surface area contributed by atoms with Crippen LogP contribution in [0.4, 0.5) is 0 Å². The number of fused-ring (bicyclic) bond motifs is 9. The molecule has 0 saturated carbocycles. The van der Waals surface area contributed by atoms with Crippen LogP contribution in [0.25, 0.3) is 111 Å². The number of rotatable bonds is 5.